The lowest BCUT2D eigenvalue weighted by atomic mass is 9.85. The summed E-state index contributed by atoms with van der Waals surface area (Å²) < 4.78 is 2.44. The molecule has 2 heterocycles. The molecule has 0 radical (unpaired) electrons. The number of carboxylic acids is 1. The highest BCUT2D eigenvalue weighted by atomic mass is 32.1. The summed E-state index contributed by atoms with van der Waals surface area (Å²) in [5.41, 5.74) is 2.52. The van der Waals surface area contributed by atoms with Gasteiger partial charge in [-0.3, -0.25) is 9.59 Å². The first-order valence-corrected chi connectivity index (χ1v) is 13.8. The zero-order valence-electron chi connectivity index (χ0n) is 21.0. The van der Waals surface area contributed by atoms with Gasteiger partial charge in [0.15, 0.2) is 0 Å². The predicted molar refractivity (Wildman–Crippen MR) is 141 cm³/mol. The molecule has 0 bridgehead atoms. The first-order chi connectivity index (χ1) is 16.8. The molecule has 2 N–H and O–H groups in total. The van der Waals surface area contributed by atoms with Gasteiger partial charge in [-0.05, 0) is 67.2 Å². The van der Waals surface area contributed by atoms with Crippen LogP contribution in [0.15, 0.2) is 35.7 Å². The molecule has 1 aromatic carbocycles. The quantitative estimate of drug-likeness (QED) is 0.338. The van der Waals surface area contributed by atoms with Crippen LogP contribution in [0.2, 0.25) is 0 Å². The third-order valence-corrected chi connectivity index (χ3v) is 8.01. The van der Waals surface area contributed by atoms with Crippen LogP contribution in [0.25, 0.3) is 11.0 Å². The number of thiophene rings is 1. The minimum absolute atomic E-state index is 0.0484. The lowest BCUT2D eigenvalue weighted by Crippen LogP contribution is -2.36. The summed E-state index contributed by atoms with van der Waals surface area (Å²) in [6.45, 7) is 6.51. The Labute approximate surface area is 211 Å². The Kier molecular flexibility index (Phi) is 8.26. The van der Waals surface area contributed by atoms with Gasteiger partial charge in [-0.15, -0.1) is 11.3 Å². The molecule has 1 fully saturated rings. The van der Waals surface area contributed by atoms with Crippen molar-refractivity contribution in [1.82, 2.24) is 14.9 Å². The van der Waals surface area contributed by atoms with Crippen molar-refractivity contribution >= 4 is 34.2 Å². The number of nitrogens with one attached hydrogen (secondary N) is 1. The second-order valence-corrected chi connectivity index (χ2v) is 11.5. The molecule has 4 rings (SSSR count). The van der Waals surface area contributed by atoms with Gasteiger partial charge >= 0.3 is 5.97 Å². The number of carbonyl (C=O) groups excluding carboxylic acids is 1. The van der Waals surface area contributed by atoms with Crippen molar-refractivity contribution in [3.8, 4) is 0 Å². The number of rotatable bonds is 10. The normalized spacial score (nSPS) is 19.2. The van der Waals surface area contributed by atoms with Crippen LogP contribution in [0.3, 0.4) is 0 Å². The summed E-state index contributed by atoms with van der Waals surface area (Å²) in [4.78, 5) is 30.5. The van der Waals surface area contributed by atoms with Crippen molar-refractivity contribution in [2.24, 2.45) is 11.8 Å². The first kappa shape index (κ1) is 25.4. The van der Waals surface area contributed by atoms with Crippen LogP contribution in [0.4, 0.5) is 0 Å². The van der Waals surface area contributed by atoms with Gasteiger partial charge in [0, 0.05) is 35.4 Å². The van der Waals surface area contributed by atoms with E-state index in [2.05, 4.69) is 48.2 Å². The second-order valence-electron chi connectivity index (χ2n) is 10.4. The van der Waals surface area contributed by atoms with E-state index < -0.39 is 5.97 Å². The van der Waals surface area contributed by atoms with Gasteiger partial charge in [0.2, 0.25) is 0 Å². The molecule has 0 saturated heterocycles. The molecule has 3 atom stereocenters. The number of carbonyl (C=O) groups is 2. The van der Waals surface area contributed by atoms with Gasteiger partial charge in [0.05, 0.1) is 11.0 Å². The molecule has 1 amide bonds. The standard InChI is InChI=1S/C28H37N3O3S/c1-18(2)15-21(11-13-27(32)33)29-28(34)20-10-12-25-23(16-20)30-26(17-22-8-6-14-35-22)31(25)24-9-5-4-7-19(24)3/h6,8,10,12,14,16,18-19,21,24H,4-5,7,9,11,13,15,17H2,1-3H3,(H,29,34)(H,32,33)/t19-,21-,24-/m1/s1. The number of benzene rings is 1. The monoisotopic (exact) mass is 495 g/mol. The topological polar surface area (TPSA) is 84.2 Å². The van der Waals surface area contributed by atoms with Crippen molar-refractivity contribution < 1.29 is 14.7 Å². The van der Waals surface area contributed by atoms with Crippen LogP contribution in [0.1, 0.15) is 92.8 Å². The molecule has 6 nitrogen and oxygen atoms in total. The predicted octanol–water partition coefficient (Wildman–Crippen LogP) is 6.45. The molecule has 0 aliphatic heterocycles. The molecule has 1 aliphatic rings. The maximum atomic E-state index is 13.1. The summed E-state index contributed by atoms with van der Waals surface area (Å²) in [6.07, 6.45) is 6.94. The highest BCUT2D eigenvalue weighted by Crippen LogP contribution is 2.37. The van der Waals surface area contributed by atoms with Crippen LogP contribution in [-0.2, 0) is 11.2 Å². The van der Waals surface area contributed by atoms with Crippen LogP contribution < -0.4 is 5.32 Å². The maximum Gasteiger partial charge on any atom is 0.303 e. The number of nitrogens with zero attached hydrogens (tertiary/aromatic N) is 2. The van der Waals surface area contributed by atoms with E-state index in [4.69, 9.17) is 10.1 Å². The van der Waals surface area contributed by atoms with Crippen LogP contribution in [0, 0.1) is 11.8 Å². The molecule has 1 saturated carbocycles. The van der Waals surface area contributed by atoms with Crippen molar-refractivity contribution in [2.45, 2.75) is 84.2 Å². The third-order valence-electron chi connectivity index (χ3n) is 7.13. The summed E-state index contributed by atoms with van der Waals surface area (Å²) in [6, 6.07) is 10.3. The highest BCUT2D eigenvalue weighted by molar-refractivity contribution is 7.09. The number of aliphatic carboxylic acids is 1. The number of carboxylic acid groups (broad SMARTS) is 1. The van der Waals surface area contributed by atoms with Gasteiger partial charge < -0.3 is 15.0 Å². The van der Waals surface area contributed by atoms with Gasteiger partial charge in [0.1, 0.15) is 5.82 Å². The Morgan fingerprint density at radius 2 is 2.03 bits per heavy atom. The molecule has 188 valence electrons. The Balaban J connectivity index is 1.63. The summed E-state index contributed by atoms with van der Waals surface area (Å²) in [7, 11) is 0. The zero-order valence-corrected chi connectivity index (χ0v) is 21.8. The van der Waals surface area contributed by atoms with E-state index in [1.807, 2.05) is 18.2 Å². The molecule has 0 unspecified atom stereocenters. The van der Waals surface area contributed by atoms with Crippen molar-refractivity contribution in [3.05, 3.63) is 52.0 Å². The van der Waals surface area contributed by atoms with Crippen molar-refractivity contribution in [2.75, 3.05) is 0 Å². The molecule has 3 aromatic rings. The van der Waals surface area contributed by atoms with Crippen molar-refractivity contribution in [3.63, 3.8) is 0 Å². The SMILES string of the molecule is CC(C)C[C@@H](CCC(=O)O)NC(=O)c1ccc2c(c1)nc(Cc1cccs1)n2[C@@H]1CCCC[C@H]1C. The van der Waals surface area contributed by atoms with Gasteiger partial charge in [0.25, 0.3) is 5.91 Å². The Hall–Kier alpha value is -2.67. The number of amides is 1. The van der Waals surface area contributed by atoms with Gasteiger partial charge in [-0.2, -0.15) is 0 Å². The number of aromatic nitrogens is 2. The third kappa shape index (κ3) is 6.31. The fourth-order valence-electron chi connectivity index (χ4n) is 5.42. The Morgan fingerprint density at radius 3 is 2.71 bits per heavy atom. The van der Waals surface area contributed by atoms with Gasteiger partial charge in [-0.1, -0.05) is 39.7 Å². The van der Waals surface area contributed by atoms with E-state index >= 15 is 0 Å². The van der Waals surface area contributed by atoms with Crippen LogP contribution in [-0.4, -0.2) is 32.6 Å². The highest BCUT2D eigenvalue weighted by Gasteiger charge is 2.27. The van der Waals surface area contributed by atoms with E-state index in [0.29, 0.717) is 29.9 Å². The smallest absolute Gasteiger partial charge is 0.303 e. The fourth-order valence-corrected chi connectivity index (χ4v) is 6.12. The number of hydrogen-bond donors (Lipinski definition) is 2. The lowest BCUT2D eigenvalue weighted by Gasteiger charge is -2.31. The number of imidazole rings is 1. The maximum absolute atomic E-state index is 13.1. The van der Waals surface area contributed by atoms with Crippen molar-refractivity contribution in [1.29, 1.82) is 0 Å². The minimum atomic E-state index is -0.838. The Morgan fingerprint density at radius 1 is 1.23 bits per heavy atom. The first-order valence-electron chi connectivity index (χ1n) is 12.9. The average molecular weight is 496 g/mol. The summed E-state index contributed by atoms with van der Waals surface area (Å²) >= 11 is 1.75. The van der Waals surface area contributed by atoms with Gasteiger partial charge in [-0.25, -0.2) is 4.98 Å². The van der Waals surface area contributed by atoms with E-state index in [9.17, 15) is 9.59 Å². The van der Waals surface area contributed by atoms with Crippen LogP contribution >= 0.6 is 11.3 Å². The summed E-state index contributed by atoms with van der Waals surface area (Å²) in [5.74, 6) is 1.03. The number of hydrogen-bond acceptors (Lipinski definition) is 4. The molecular weight excluding hydrogens is 458 g/mol. The molecule has 1 aliphatic carbocycles. The summed E-state index contributed by atoms with van der Waals surface area (Å²) in [5, 5.41) is 14.3. The largest absolute Gasteiger partial charge is 0.481 e. The van der Waals surface area contributed by atoms with E-state index in [0.717, 1.165) is 36.1 Å². The molecular formula is C28H37N3O3S. The zero-order chi connectivity index (χ0) is 24.9. The molecule has 7 heteroatoms. The molecule has 2 aromatic heterocycles. The molecule has 0 spiro atoms. The lowest BCUT2D eigenvalue weighted by molar-refractivity contribution is -0.137. The second kappa shape index (κ2) is 11.4. The fraction of sp³-hybridized carbons (Fsp3) is 0.536. The minimum Gasteiger partial charge on any atom is -0.481 e. The molecule has 35 heavy (non-hydrogen) atoms. The van der Waals surface area contributed by atoms with Crippen LogP contribution in [0.5, 0.6) is 0 Å². The number of fused-ring (bicyclic) bond motifs is 1. The Bertz CT molecular complexity index is 1150. The van der Waals surface area contributed by atoms with E-state index in [1.54, 1.807) is 11.3 Å². The van der Waals surface area contributed by atoms with E-state index in [-0.39, 0.29) is 18.4 Å². The average Bonchev–Trinajstić information content (AvgIpc) is 3.44. The van der Waals surface area contributed by atoms with E-state index in [1.165, 1.54) is 24.1 Å².